The molecule has 0 aromatic heterocycles. The van der Waals surface area contributed by atoms with Crippen LogP contribution in [0.25, 0.3) is 0 Å². The standard InChI is InChI=1S/C23H34NOP/c1-8-24(9-2)15-18-12-10-11-16(3)22(18)26-20-14-19(23(5,6)7)13-17(4)21(20)25/h10-14,25-26H,8-9,15H2,1-7H3. The highest BCUT2D eigenvalue weighted by atomic mass is 31.1. The number of hydrogen-bond donors (Lipinski definition) is 1. The first kappa shape index (κ1) is 20.9. The van der Waals surface area contributed by atoms with Crippen molar-refractivity contribution in [3.8, 4) is 5.75 Å². The second-order valence-electron chi connectivity index (χ2n) is 8.13. The van der Waals surface area contributed by atoms with Crippen LogP contribution in [0, 0.1) is 13.8 Å². The van der Waals surface area contributed by atoms with E-state index in [1.165, 1.54) is 22.0 Å². The summed E-state index contributed by atoms with van der Waals surface area (Å²) < 4.78 is 0. The van der Waals surface area contributed by atoms with Gasteiger partial charge in [-0.1, -0.05) is 67.5 Å². The van der Waals surface area contributed by atoms with E-state index in [-0.39, 0.29) is 5.41 Å². The zero-order chi connectivity index (χ0) is 19.5. The molecule has 26 heavy (non-hydrogen) atoms. The molecule has 0 saturated heterocycles. The molecule has 0 amide bonds. The second kappa shape index (κ2) is 8.55. The lowest BCUT2D eigenvalue weighted by Crippen LogP contribution is -2.26. The molecule has 1 unspecified atom stereocenters. The van der Waals surface area contributed by atoms with Crippen molar-refractivity contribution in [2.75, 3.05) is 13.1 Å². The van der Waals surface area contributed by atoms with Crippen LogP contribution in [0.3, 0.4) is 0 Å². The van der Waals surface area contributed by atoms with E-state index in [1.807, 2.05) is 6.92 Å². The molecule has 142 valence electrons. The van der Waals surface area contributed by atoms with Crippen LogP contribution in [-0.2, 0) is 12.0 Å². The van der Waals surface area contributed by atoms with E-state index in [2.05, 4.69) is 76.8 Å². The first-order valence-corrected chi connectivity index (χ1v) is 10.6. The van der Waals surface area contributed by atoms with Crippen molar-refractivity contribution in [1.82, 2.24) is 4.90 Å². The molecule has 0 saturated carbocycles. The first-order valence-electron chi connectivity index (χ1n) is 9.59. The van der Waals surface area contributed by atoms with Crippen LogP contribution in [0.2, 0.25) is 0 Å². The predicted molar refractivity (Wildman–Crippen MR) is 117 cm³/mol. The normalized spacial score (nSPS) is 12.5. The van der Waals surface area contributed by atoms with Crippen LogP contribution in [0.4, 0.5) is 0 Å². The van der Waals surface area contributed by atoms with E-state index >= 15 is 0 Å². The molecule has 0 bridgehead atoms. The van der Waals surface area contributed by atoms with Gasteiger partial charge in [0.15, 0.2) is 0 Å². The number of phenolic OH excluding ortho intramolecular Hbond substituents is 1. The summed E-state index contributed by atoms with van der Waals surface area (Å²) in [5.41, 5.74) is 5.03. The molecule has 1 atom stereocenters. The Balaban J connectivity index is 2.47. The minimum Gasteiger partial charge on any atom is -0.507 e. The Labute approximate surface area is 161 Å². The summed E-state index contributed by atoms with van der Waals surface area (Å²) in [5.74, 6) is 0.452. The summed E-state index contributed by atoms with van der Waals surface area (Å²) in [7, 11) is 0.471. The van der Waals surface area contributed by atoms with Gasteiger partial charge in [-0.3, -0.25) is 4.90 Å². The molecule has 2 nitrogen and oxygen atoms in total. The SMILES string of the molecule is CCN(CC)Cc1cccc(C)c1Pc1cc(C(C)(C)C)cc(C)c1O. The number of rotatable bonds is 6. The van der Waals surface area contributed by atoms with E-state index in [1.54, 1.807) is 0 Å². The van der Waals surface area contributed by atoms with Gasteiger partial charge >= 0.3 is 0 Å². The zero-order valence-electron chi connectivity index (χ0n) is 17.4. The topological polar surface area (TPSA) is 23.5 Å². The minimum atomic E-state index is 0.0769. The van der Waals surface area contributed by atoms with Crippen LogP contribution in [0.1, 0.15) is 56.9 Å². The van der Waals surface area contributed by atoms with Gasteiger partial charge in [-0.15, -0.1) is 0 Å². The van der Waals surface area contributed by atoms with Gasteiger partial charge in [-0.2, -0.15) is 0 Å². The Morgan fingerprint density at radius 2 is 1.65 bits per heavy atom. The largest absolute Gasteiger partial charge is 0.507 e. The molecule has 1 N–H and O–H groups in total. The maximum Gasteiger partial charge on any atom is 0.126 e. The van der Waals surface area contributed by atoms with Crippen molar-refractivity contribution in [3.05, 3.63) is 52.6 Å². The highest BCUT2D eigenvalue weighted by Gasteiger charge is 2.19. The number of aromatic hydroxyl groups is 1. The fraction of sp³-hybridized carbons (Fsp3) is 0.478. The number of nitrogens with zero attached hydrogens (tertiary/aromatic N) is 1. The smallest absolute Gasteiger partial charge is 0.126 e. The summed E-state index contributed by atoms with van der Waals surface area (Å²) in [6.45, 7) is 18.4. The third-order valence-corrected chi connectivity index (χ3v) is 6.69. The van der Waals surface area contributed by atoms with Gasteiger partial charge in [0.05, 0.1) is 0 Å². The van der Waals surface area contributed by atoms with Crippen molar-refractivity contribution >= 4 is 19.2 Å². The fourth-order valence-corrected chi connectivity index (χ4v) is 4.59. The van der Waals surface area contributed by atoms with E-state index in [9.17, 15) is 5.11 Å². The molecule has 0 fully saturated rings. The van der Waals surface area contributed by atoms with Gasteiger partial charge in [0.25, 0.3) is 0 Å². The van der Waals surface area contributed by atoms with Crippen LogP contribution in [0.15, 0.2) is 30.3 Å². The molecule has 2 rings (SSSR count). The van der Waals surface area contributed by atoms with E-state index in [4.69, 9.17) is 0 Å². The Kier molecular flexibility index (Phi) is 6.88. The van der Waals surface area contributed by atoms with Gasteiger partial charge in [0, 0.05) is 11.8 Å². The fourth-order valence-electron chi connectivity index (χ4n) is 3.17. The zero-order valence-corrected chi connectivity index (χ0v) is 18.4. The Hall–Kier alpha value is -1.37. The number of hydrogen-bond acceptors (Lipinski definition) is 2. The van der Waals surface area contributed by atoms with E-state index in [0.29, 0.717) is 14.3 Å². The number of phenols is 1. The number of aryl methyl sites for hydroxylation is 2. The Morgan fingerprint density at radius 3 is 2.23 bits per heavy atom. The lowest BCUT2D eigenvalue weighted by molar-refractivity contribution is 0.296. The van der Waals surface area contributed by atoms with Gasteiger partial charge in [-0.25, -0.2) is 0 Å². The van der Waals surface area contributed by atoms with Crippen molar-refractivity contribution in [1.29, 1.82) is 0 Å². The molecule has 3 heteroatoms. The third kappa shape index (κ3) is 4.87. The molecule has 0 radical (unpaired) electrons. The molecule has 0 aliphatic carbocycles. The maximum atomic E-state index is 10.7. The van der Waals surface area contributed by atoms with Crippen molar-refractivity contribution in [3.63, 3.8) is 0 Å². The van der Waals surface area contributed by atoms with Gasteiger partial charge in [0.2, 0.25) is 0 Å². The summed E-state index contributed by atoms with van der Waals surface area (Å²) in [6, 6.07) is 10.9. The lowest BCUT2D eigenvalue weighted by Gasteiger charge is -2.24. The quantitative estimate of drug-likeness (QED) is 0.739. The Morgan fingerprint density at radius 1 is 1.00 bits per heavy atom. The maximum absolute atomic E-state index is 10.7. The molecule has 0 heterocycles. The highest BCUT2D eigenvalue weighted by Crippen LogP contribution is 2.30. The molecule has 2 aromatic rings. The lowest BCUT2D eigenvalue weighted by atomic mass is 9.86. The molecule has 0 aliphatic rings. The van der Waals surface area contributed by atoms with Crippen molar-refractivity contribution < 1.29 is 5.11 Å². The summed E-state index contributed by atoms with van der Waals surface area (Å²) in [5, 5.41) is 13.1. The monoisotopic (exact) mass is 371 g/mol. The minimum absolute atomic E-state index is 0.0769. The summed E-state index contributed by atoms with van der Waals surface area (Å²) >= 11 is 0. The Bertz CT molecular complexity index is 758. The molecule has 0 aliphatic heterocycles. The molecular formula is C23H34NOP. The summed E-state index contributed by atoms with van der Waals surface area (Å²) in [4.78, 5) is 2.44. The highest BCUT2D eigenvalue weighted by molar-refractivity contribution is 7.56. The van der Waals surface area contributed by atoms with Crippen LogP contribution < -0.4 is 10.6 Å². The van der Waals surface area contributed by atoms with Crippen molar-refractivity contribution in [2.45, 2.75) is 60.4 Å². The molecule has 2 aromatic carbocycles. The summed E-state index contributed by atoms with van der Waals surface area (Å²) in [6.07, 6.45) is 0. The van der Waals surface area contributed by atoms with Gasteiger partial charge in [0.1, 0.15) is 5.75 Å². The van der Waals surface area contributed by atoms with E-state index < -0.39 is 0 Å². The third-order valence-electron chi connectivity index (χ3n) is 5.07. The van der Waals surface area contributed by atoms with E-state index in [0.717, 1.165) is 30.5 Å². The predicted octanol–water partition coefficient (Wildman–Crippen LogP) is 4.78. The molecular weight excluding hydrogens is 337 g/mol. The second-order valence-corrected chi connectivity index (χ2v) is 9.42. The van der Waals surface area contributed by atoms with Crippen LogP contribution in [0.5, 0.6) is 5.75 Å². The van der Waals surface area contributed by atoms with Gasteiger partial charge in [-0.05, 0) is 66.0 Å². The average molecular weight is 372 g/mol. The molecule has 0 spiro atoms. The van der Waals surface area contributed by atoms with Crippen LogP contribution in [-0.4, -0.2) is 23.1 Å². The average Bonchev–Trinajstić information content (AvgIpc) is 2.57. The number of benzene rings is 2. The van der Waals surface area contributed by atoms with Crippen molar-refractivity contribution in [2.24, 2.45) is 0 Å². The first-order chi connectivity index (χ1) is 12.2. The van der Waals surface area contributed by atoms with Gasteiger partial charge < -0.3 is 5.11 Å². The van der Waals surface area contributed by atoms with Crippen LogP contribution >= 0.6 is 8.58 Å².